The van der Waals surface area contributed by atoms with Crippen LogP contribution in [0.2, 0.25) is 0 Å². The van der Waals surface area contributed by atoms with E-state index in [1.54, 1.807) is 0 Å². The zero-order valence-electron chi connectivity index (χ0n) is 7.72. The van der Waals surface area contributed by atoms with Crippen LogP contribution < -0.4 is 5.32 Å². The van der Waals surface area contributed by atoms with Gasteiger partial charge in [0.1, 0.15) is 0 Å². The molecular formula is C10H19NO. The molecule has 2 saturated heterocycles. The van der Waals surface area contributed by atoms with Crippen molar-refractivity contribution in [2.24, 2.45) is 11.8 Å². The minimum absolute atomic E-state index is 0.876. The van der Waals surface area contributed by atoms with Crippen LogP contribution in [0.25, 0.3) is 0 Å². The van der Waals surface area contributed by atoms with Crippen LogP contribution >= 0.6 is 0 Å². The first-order valence-electron chi connectivity index (χ1n) is 5.25. The van der Waals surface area contributed by atoms with Gasteiger partial charge in [0.2, 0.25) is 0 Å². The van der Waals surface area contributed by atoms with Crippen molar-refractivity contribution in [2.75, 3.05) is 26.3 Å². The summed E-state index contributed by atoms with van der Waals surface area (Å²) in [6.45, 7) is 4.48. The minimum atomic E-state index is 0.876. The number of ether oxygens (including phenoxy) is 1. The topological polar surface area (TPSA) is 21.3 Å². The smallest absolute Gasteiger partial charge is 0.0496 e. The number of nitrogens with one attached hydrogen (secondary N) is 1. The summed E-state index contributed by atoms with van der Waals surface area (Å²) in [7, 11) is 0. The third-order valence-corrected chi connectivity index (χ3v) is 3.25. The van der Waals surface area contributed by atoms with Crippen LogP contribution in [-0.4, -0.2) is 26.3 Å². The molecule has 70 valence electrons. The molecule has 0 radical (unpaired) electrons. The Morgan fingerprint density at radius 3 is 2.50 bits per heavy atom. The van der Waals surface area contributed by atoms with Gasteiger partial charge in [-0.1, -0.05) is 0 Å². The van der Waals surface area contributed by atoms with Gasteiger partial charge in [-0.3, -0.25) is 0 Å². The van der Waals surface area contributed by atoms with Gasteiger partial charge in [-0.2, -0.15) is 0 Å². The first-order chi connectivity index (χ1) is 5.97. The van der Waals surface area contributed by atoms with E-state index < -0.39 is 0 Å². The van der Waals surface area contributed by atoms with Crippen molar-refractivity contribution in [1.82, 2.24) is 5.32 Å². The molecule has 0 amide bonds. The van der Waals surface area contributed by atoms with Gasteiger partial charge >= 0.3 is 0 Å². The maximum absolute atomic E-state index is 5.51. The highest BCUT2D eigenvalue weighted by atomic mass is 16.5. The molecule has 2 aliphatic heterocycles. The van der Waals surface area contributed by atoms with E-state index in [2.05, 4.69) is 5.32 Å². The normalized spacial score (nSPS) is 33.5. The van der Waals surface area contributed by atoms with E-state index in [0.29, 0.717) is 0 Å². The van der Waals surface area contributed by atoms with Crippen LogP contribution in [0.4, 0.5) is 0 Å². The van der Waals surface area contributed by atoms with Crippen molar-refractivity contribution in [3.63, 3.8) is 0 Å². The Balaban J connectivity index is 1.80. The fourth-order valence-electron chi connectivity index (χ4n) is 2.45. The van der Waals surface area contributed by atoms with E-state index in [1.807, 2.05) is 0 Å². The second-order valence-corrected chi connectivity index (χ2v) is 4.06. The highest BCUT2D eigenvalue weighted by Crippen LogP contribution is 2.28. The minimum Gasteiger partial charge on any atom is -0.381 e. The molecule has 0 aromatic heterocycles. The Hall–Kier alpha value is -0.0800. The predicted molar refractivity (Wildman–Crippen MR) is 49.1 cm³/mol. The van der Waals surface area contributed by atoms with Crippen molar-refractivity contribution in [1.29, 1.82) is 0 Å². The molecule has 0 unspecified atom stereocenters. The van der Waals surface area contributed by atoms with E-state index in [-0.39, 0.29) is 0 Å². The van der Waals surface area contributed by atoms with Gasteiger partial charge in [-0.05, 0) is 50.6 Å². The lowest BCUT2D eigenvalue weighted by molar-refractivity contribution is 0.0239. The zero-order valence-corrected chi connectivity index (χ0v) is 7.72. The van der Waals surface area contributed by atoms with Crippen LogP contribution in [0, 0.1) is 11.8 Å². The Labute approximate surface area is 74.7 Å². The van der Waals surface area contributed by atoms with Crippen LogP contribution in [0.5, 0.6) is 0 Å². The standard InChI is InChI=1S/C10H19NO/c1-2-10(8-12-7-1)9-3-5-11-6-4-9/h9-11H,1-8H2/t10-/m1/s1. The van der Waals surface area contributed by atoms with Gasteiger partial charge in [0.15, 0.2) is 0 Å². The summed E-state index contributed by atoms with van der Waals surface area (Å²) in [5.74, 6) is 1.83. The molecular weight excluding hydrogens is 150 g/mol. The van der Waals surface area contributed by atoms with Gasteiger partial charge in [0.25, 0.3) is 0 Å². The molecule has 0 saturated carbocycles. The molecule has 2 heteroatoms. The van der Waals surface area contributed by atoms with Crippen LogP contribution in [-0.2, 0) is 4.74 Å². The van der Waals surface area contributed by atoms with Gasteiger partial charge in [0.05, 0.1) is 0 Å². The Morgan fingerprint density at radius 2 is 1.83 bits per heavy atom. The van der Waals surface area contributed by atoms with E-state index in [4.69, 9.17) is 4.74 Å². The molecule has 0 bridgehead atoms. The third-order valence-electron chi connectivity index (χ3n) is 3.25. The lowest BCUT2D eigenvalue weighted by Gasteiger charge is -2.33. The first-order valence-corrected chi connectivity index (χ1v) is 5.25. The Morgan fingerprint density at radius 1 is 1.00 bits per heavy atom. The Bertz CT molecular complexity index is 110. The molecule has 0 aromatic rings. The second kappa shape index (κ2) is 4.24. The molecule has 0 aliphatic carbocycles. The third kappa shape index (κ3) is 1.99. The summed E-state index contributed by atoms with van der Waals surface area (Å²) in [5.41, 5.74) is 0. The Kier molecular flexibility index (Phi) is 3.01. The second-order valence-electron chi connectivity index (χ2n) is 4.06. The highest BCUT2D eigenvalue weighted by molar-refractivity contribution is 4.77. The predicted octanol–water partition coefficient (Wildman–Crippen LogP) is 1.41. The molecule has 2 rings (SSSR count). The maximum atomic E-state index is 5.51. The first kappa shape index (κ1) is 8.52. The van der Waals surface area contributed by atoms with Crippen LogP contribution in [0.15, 0.2) is 0 Å². The zero-order chi connectivity index (χ0) is 8.23. The highest BCUT2D eigenvalue weighted by Gasteiger charge is 2.25. The summed E-state index contributed by atoms with van der Waals surface area (Å²) < 4.78 is 5.51. The van der Waals surface area contributed by atoms with Gasteiger partial charge < -0.3 is 10.1 Å². The summed E-state index contributed by atoms with van der Waals surface area (Å²) in [6, 6.07) is 0. The molecule has 2 nitrogen and oxygen atoms in total. The van der Waals surface area contributed by atoms with Crippen molar-refractivity contribution >= 4 is 0 Å². The van der Waals surface area contributed by atoms with E-state index in [9.17, 15) is 0 Å². The molecule has 0 spiro atoms. The average Bonchev–Trinajstić information content (AvgIpc) is 2.21. The van der Waals surface area contributed by atoms with Crippen molar-refractivity contribution in [3.05, 3.63) is 0 Å². The maximum Gasteiger partial charge on any atom is 0.0496 e. The SMILES string of the molecule is C1COC[C@H](C2CCNCC2)C1. The van der Waals surface area contributed by atoms with E-state index in [0.717, 1.165) is 25.0 Å². The van der Waals surface area contributed by atoms with Crippen molar-refractivity contribution < 1.29 is 4.74 Å². The summed E-state index contributed by atoms with van der Waals surface area (Å²) in [6.07, 6.45) is 5.43. The average molecular weight is 169 g/mol. The van der Waals surface area contributed by atoms with E-state index in [1.165, 1.54) is 38.8 Å². The lowest BCUT2D eigenvalue weighted by Crippen LogP contribution is -2.34. The van der Waals surface area contributed by atoms with Crippen LogP contribution in [0.3, 0.4) is 0 Å². The summed E-state index contributed by atoms with van der Waals surface area (Å²) in [4.78, 5) is 0. The number of hydrogen-bond donors (Lipinski definition) is 1. The molecule has 12 heavy (non-hydrogen) atoms. The molecule has 2 fully saturated rings. The monoisotopic (exact) mass is 169 g/mol. The van der Waals surface area contributed by atoms with Crippen molar-refractivity contribution in [2.45, 2.75) is 25.7 Å². The van der Waals surface area contributed by atoms with Crippen molar-refractivity contribution in [3.8, 4) is 0 Å². The molecule has 2 heterocycles. The quantitative estimate of drug-likeness (QED) is 0.641. The summed E-state index contributed by atoms with van der Waals surface area (Å²) in [5, 5.41) is 3.41. The number of rotatable bonds is 1. The van der Waals surface area contributed by atoms with Gasteiger partial charge in [-0.15, -0.1) is 0 Å². The van der Waals surface area contributed by atoms with E-state index >= 15 is 0 Å². The summed E-state index contributed by atoms with van der Waals surface area (Å²) >= 11 is 0. The molecule has 2 aliphatic rings. The lowest BCUT2D eigenvalue weighted by atomic mass is 9.82. The van der Waals surface area contributed by atoms with Crippen LogP contribution in [0.1, 0.15) is 25.7 Å². The fraction of sp³-hybridized carbons (Fsp3) is 1.00. The molecule has 0 aromatic carbocycles. The number of piperidine rings is 1. The molecule has 1 N–H and O–H groups in total. The fourth-order valence-corrected chi connectivity index (χ4v) is 2.45. The van der Waals surface area contributed by atoms with Gasteiger partial charge in [-0.25, -0.2) is 0 Å². The molecule has 1 atom stereocenters. The largest absolute Gasteiger partial charge is 0.381 e. The van der Waals surface area contributed by atoms with Gasteiger partial charge in [0, 0.05) is 13.2 Å². The number of hydrogen-bond acceptors (Lipinski definition) is 2.